The van der Waals surface area contributed by atoms with Gasteiger partial charge in [0.25, 0.3) is 0 Å². The van der Waals surface area contributed by atoms with E-state index >= 15 is 0 Å². The largest absolute Gasteiger partial charge is 0.485 e. The second-order valence-electron chi connectivity index (χ2n) is 3.88. The Hall–Kier alpha value is -0.700. The first-order valence-corrected chi connectivity index (χ1v) is 5.39. The Balaban J connectivity index is 2.43. The summed E-state index contributed by atoms with van der Waals surface area (Å²) >= 11 is 3.46. The van der Waals surface area contributed by atoms with Crippen molar-refractivity contribution < 1.29 is 9.47 Å². The summed E-state index contributed by atoms with van der Waals surface area (Å²) in [7, 11) is 0. The van der Waals surface area contributed by atoms with Crippen molar-refractivity contribution in [1.82, 2.24) is 0 Å². The molecule has 14 heavy (non-hydrogen) atoms. The number of fused-ring (bicyclic) bond motifs is 1. The molecule has 0 saturated heterocycles. The fourth-order valence-electron chi connectivity index (χ4n) is 1.42. The molecule has 0 N–H and O–H groups in total. The van der Waals surface area contributed by atoms with Crippen LogP contribution in [0.25, 0.3) is 0 Å². The number of hydrogen-bond donors (Lipinski definition) is 0. The fraction of sp³-hybridized carbons (Fsp3) is 0.455. The molecule has 76 valence electrons. The van der Waals surface area contributed by atoms with Gasteiger partial charge in [-0.3, -0.25) is 0 Å². The molecule has 0 spiro atoms. The van der Waals surface area contributed by atoms with Gasteiger partial charge in [0.15, 0.2) is 16.0 Å². The molecule has 2 nitrogen and oxygen atoms in total. The van der Waals surface area contributed by atoms with Gasteiger partial charge in [0, 0.05) is 0 Å². The van der Waals surface area contributed by atoms with Gasteiger partial charge in [-0.1, -0.05) is 0 Å². The summed E-state index contributed by atoms with van der Waals surface area (Å²) < 4.78 is 10.9. The highest BCUT2D eigenvalue weighted by Crippen LogP contribution is 2.39. The van der Waals surface area contributed by atoms with E-state index in [1.807, 2.05) is 19.1 Å². The molecule has 1 aromatic rings. The Morgan fingerprint density at radius 3 is 2.43 bits per heavy atom. The van der Waals surface area contributed by atoms with Crippen molar-refractivity contribution in [2.24, 2.45) is 0 Å². The van der Waals surface area contributed by atoms with E-state index in [0.29, 0.717) is 6.61 Å². The third kappa shape index (κ3) is 1.73. The summed E-state index contributed by atoms with van der Waals surface area (Å²) in [5.74, 6) is 1.66. The highest BCUT2D eigenvalue weighted by molar-refractivity contribution is 9.10. The van der Waals surface area contributed by atoms with Crippen molar-refractivity contribution >= 4 is 15.9 Å². The maximum atomic E-state index is 5.75. The van der Waals surface area contributed by atoms with Crippen molar-refractivity contribution in [1.29, 1.82) is 0 Å². The maximum Gasteiger partial charge on any atom is 0.194 e. The van der Waals surface area contributed by atoms with E-state index in [2.05, 4.69) is 29.8 Å². The van der Waals surface area contributed by atoms with Crippen molar-refractivity contribution in [2.75, 3.05) is 6.61 Å². The van der Waals surface area contributed by atoms with Crippen LogP contribution in [0.4, 0.5) is 0 Å². The van der Waals surface area contributed by atoms with E-state index in [9.17, 15) is 0 Å². The van der Waals surface area contributed by atoms with E-state index in [4.69, 9.17) is 9.47 Å². The Morgan fingerprint density at radius 1 is 1.21 bits per heavy atom. The van der Waals surface area contributed by atoms with Crippen LogP contribution in [0, 0.1) is 13.8 Å². The quantitative estimate of drug-likeness (QED) is 0.664. The number of benzene rings is 1. The monoisotopic (exact) mass is 256 g/mol. The SMILES string of the molecule is Cc1cc2c(cc1C)OC(C)(Br)CO2. The first-order chi connectivity index (χ1) is 6.48. The number of ether oxygens (including phenoxy) is 2. The predicted octanol–water partition coefficient (Wildman–Crippen LogP) is 3.19. The minimum absolute atomic E-state index is 0.401. The molecule has 0 aromatic heterocycles. The van der Waals surface area contributed by atoms with Crippen LogP contribution < -0.4 is 9.47 Å². The predicted molar refractivity (Wildman–Crippen MR) is 59.4 cm³/mol. The summed E-state index contributed by atoms with van der Waals surface area (Å²) in [6.07, 6.45) is 0. The lowest BCUT2D eigenvalue weighted by atomic mass is 10.1. The Morgan fingerprint density at radius 2 is 1.79 bits per heavy atom. The van der Waals surface area contributed by atoms with Crippen LogP contribution in [0.1, 0.15) is 18.1 Å². The third-order valence-electron chi connectivity index (χ3n) is 2.37. The van der Waals surface area contributed by atoms with E-state index in [-0.39, 0.29) is 0 Å². The summed E-state index contributed by atoms with van der Waals surface area (Å²) in [4.78, 5) is 0. The summed E-state index contributed by atoms with van der Waals surface area (Å²) in [5.41, 5.74) is 2.45. The Labute approximate surface area is 92.3 Å². The molecule has 2 rings (SSSR count). The summed E-state index contributed by atoms with van der Waals surface area (Å²) in [5, 5.41) is 0. The number of alkyl halides is 1. The first kappa shape index (κ1) is 9.84. The lowest BCUT2D eigenvalue weighted by Crippen LogP contribution is -2.35. The number of hydrogen-bond acceptors (Lipinski definition) is 2. The zero-order valence-electron chi connectivity index (χ0n) is 8.56. The van der Waals surface area contributed by atoms with Crippen LogP contribution in [-0.2, 0) is 0 Å². The number of aryl methyl sites for hydroxylation is 2. The number of rotatable bonds is 0. The second-order valence-corrected chi connectivity index (χ2v) is 5.55. The normalized spacial score (nSPS) is 24.9. The van der Waals surface area contributed by atoms with Gasteiger partial charge in [0.2, 0.25) is 0 Å². The van der Waals surface area contributed by atoms with Crippen molar-refractivity contribution in [2.45, 2.75) is 25.3 Å². The van der Waals surface area contributed by atoms with Gasteiger partial charge in [0.1, 0.15) is 6.61 Å². The Kier molecular flexibility index (Phi) is 2.22. The topological polar surface area (TPSA) is 18.5 Å². The molecule has 1 atom stereocenters. The molecule has 1 unspecified atom stereocenters. The molecule has 1 heterocycles. The first-order valence-electron chi connectivity index (χ1n) is 4.60. The van der Waals surface area contributed by atoms with Crippen LogP contribution in [0.3, 0.4) is 0 Å². The zero-order chi connectivity index (χ0) is 10.3. The van der Waals surface area contributed by atoms with Gasteiger partial charge >= 0.3 is 0 Å². The molecule has 3 heteroatoms. The lowest BCUT2D eigenvalue weighted by Gasteiger charge is -2.31. The van der Waals surface area contributed by atoms with Crippen LogP contribution >= 0.6 is 15.9 Å². The van der Waals surface area contributed by atoms with Crippen molar-refractivity contribution in [3.8, 4) is 11.5 Å². The van der Waals surface area contributed by atoms with Gasteiger partial charge in [-0.25, -0.2) is 0 Å². The van der Waals surface area contributed by atoms with Crippen molar-refractivity contribution in [3.05, 3.63) is 23.3 Å². The van der Waals surface area contributed by atoms with E-state index in [0.717, 1.165) is 11.5 Å². The Bertz CT molecular complexity index is 372. The number of halogens is 1. The molecule has 0 saturated carbocycles. The molecule has 0 fully saturated rings. The molecular weight excluding hydrogens is 244 g/mol. The molecule has 0 amide bonds. The van der Waals surface area contributed by atoms with Gasteiger partial charge in [-0.15, -0.1) is 0 Å². The second kappa shape index (κ2) is 3.16. The highest BCUT2D eigenvalue weighted by atomic mass is 79.9. The van der Waals surface area contributed by atoms with Gasteiger partial charge in [-0.05, 0) is 60.0 Å². The minimum atomic E-state index is -0.401. The van der Waals surface area contributed by atoms with Crippen LogP contribution in [-0.4, -0.2) is 11.1 Å². The molecular formula is C11H13BrO2. The summed E-state index contributed by atoms with van der Waals surface area (Å²) in [6, 6.07) is 4.04. The van der Waals surface area contributed by atoms with Gasteiger partial charge in [-0.2, -0.15) is 0 Å². The standard InChI is InChI=1S/C11H13BrO2/c1-7-4-9-10(5-8(7)2)14-11(3,12)6-13-9/h4-5H,6H2,1-3H3. The fourth-order valence-corrected chi connectivity index (χ4v) is 1.71. The lowest BCUT2D eigenvalue weighted by molar-refractivity contribution is 0.0831. The van der Waals surface area contributed by atoms with Gasteiger partial charge in [0.05, 0.1) is 0 Å². The van der Waals surface area contributed by atoms with Crippen LogP contribution in [0.15, 0.2) is 12.1 Å². The molecule has 0 radical (unpaired) electrons. The molecule has 1 aromatic carbocycles. The van der Waals surface area contributed by atoms with E-state index < -0.39 is 4.51 Å². The van der Waals surface area contributed by atoms with E-state index in [1.165, 1.54) is 11.1 Å². The van der Waals surface area contributed by atoms with E-state index in [1.54, 1.807) is 0 Å². The average molecular weight is 257 g/mol. The molecule has 1 aliphatic rings. The third-order valence-corrected chi connectivity index (χ3v) is 2.76. The zero-order valence-corrected chi connectivity index (χ0v) is 10.1. The van der Waals surface area contributed by atoms with Crippen molar-refractivity contribution in [3.63, 3.8) is 0 Å². The van der Waals surface area contributed by atoms with Crippen LogP contribution in [0.2, 0.25) is 0 Å². The maximum absolute atomic E-state index is 5.75. The highest BCUT2D eigenvalue weighted by Gasteiger charge is 2.30. The minimum Gasteiger partial charge on any atom is -0.485 e. The van der Waals surface area contributed by atoms with Crippen LogP contribution in [0.5, 0.6) is 11.5 Å². The molecule has 0 aliphatic carbocycles. The molecule has 0 bridgehead atoms. The average Bonchev–Trinajstić information content (AvgIpc) is 2.07. The molecule has 1 aliphatic heterocycles. The van der Waals surface area contributed by atoms with Gasteiger partial charge < -0.3 is 9.47 Å². The summed E-state index contributed by atoms with van der Waals surface area (Å²) in [6.45, 7) is 6.62. The smallest absolute Gasteiger partial charge is 0.194 e.